The molecule has 98 valence electrons. The standard InChI is InChI=1S/C13H7ClF2O2S/c14-7-1-3-9(13(17)18)11(5-7)19-12-6-8(15)2-4-10(12)16/h1-6H,(H,17,18). The summed E-state index contributed by atoms with van der Waals surface area (Å²) in [6.07, 6.45) is 0. The fourth-order valence-corrected chi connectivity index (χ4v) is 2.69. The molecular weight excluding hydrogens is 294 g/mol. The monoisotopic (exact) mass is 300 g/mol. The second kappa shape index (κ2) is 5.59. The molecule has 2 aromatic rings. The molecule has 0 heterocycles. The van der Waals surface area contributed by atoms with E-state index in [1.165, 1.54) is 18.2 Å². The number of halogens is 3. The number of carbonyl (C=O) groups is 1. The van der Waals surface area contributed by atoms with E-state index in [9.17, 15) is 13.6 Å². The lowest BCUT2D eigenvalue weighted by molar-refractivity contribution is 0.0693. The van der Waals surface area contributed by atoms with Crippen LogP contribution in [-0.4, -0.2) is 11.1 Å². The molecule has 0 fully saturated rings. The molecule has 0 amide bonds. The fourth-order valence-electron chi connectivity index (χ4n) is 1.43. The minimum atomic E-state index is -1.16. The Morgan fingerprint density at radius 1 is 1.11 bits per heavy atom. The van der Waals surface area contributed by atoms with Gasteiger partial charge < -0.3 is 5.11 Å². The molecule has 0 radical (unpaired) electrons. The van der Waals surface area contributed by atoms with Gasteiger partial charge in [0.1, 0.15) is 11.6 Å². The minimum Gasteiger partial charge on any atom is -0.478 e. The van der Waals surface area contributed by atoms with Crippen molar-refractivity contribution in [1.29, 1.82) is 0 Å². The summed E-state index contributed by atoms with van der Waals surface area (Å²) in [5.41, 5.74) is -0.0157. The molecule has 1 N–H and O–H groups in total. The minimum absolute atomic E-state index is 0.00441. The van der Waals surface area contributed by atoms with E-state index >= 15 is 0 Å². The van der Waals surface area contributed by atoms with E-state index in [1.54, 1.807) is 0 Å². The maximum atomic E-state index is 13.5. The Labute approximate surface area is 117 Å². The van der Waals surface area contributed by atoms with Gasteiger partial charge in [0.15, 0.2) is 0 Å². The Kier molecular flexibility index (Phi) is 4.07. The first-order chi connectivity index (χ1) is 8.97. The number of benzene rings is 2. The maximum Gasteiger partial charge on any atom is 0.336 e. The van der Waals surface area contributed by atoms with Crippen molar-refractivity contribution in [1.82, 2.24) is 0 Å². The summed E-state index contributed by atoms with van der Waals surface area (Å²) in [4.78, 5) is 11.3. The van der Waals surface area contributed by atoms with Crippen molar-refractivity contribution in [3.63, 3.8) is 0 Å². The third-order valence-corrected chi connectivity index (χ3v) is 3.61. The molecule has 0 saturated heterocycles. The van der Waals surface area contributed by atoms with Crippen LogP contribution in [0.15, 0.2) is 46.2 Å². The van der Waals surface area contributed by atoms with Crippen molar-refractivity contribution in [3.05, 3.63) is 58.6 Å². The second-order valence-corrected chi connectivity index (χ2v) is 5.14. The second-order valence-electron chi connectivity index (χ2n) is 3.62. The zero-order chi connectivity index (χ0) is 14.0. The number of carboxylic acid groups (broad SMARTS) is 1. The summed E-state index contributed by atoms with van der Waals surface area (Å²) < 4.78 is 26.6. The number of aromatic carboxylic acids is 1. The van der Waals surface area contributed by atoms with Gasteiger partial charge in [-0.05, 0) is 36.4 Å². The lowest BCUT2D eigenvalue weighted by Crippen LogP contribution is -1.98. The summed E-state index contributed by atoms with van der Waals surface area (Å²) in [6, 6.07) is 7.14. The molecule has 0 aromatic heterocycles. The molecule has 0 unspecified atom stereocenters. The fraction of sp³-hybridized carbons (Fsp3) is 0. The first-order valence-corrected chi connectivity index (χ1v) is 6.32. The van der Waals surface area contributed by atoms with Crippen LogP contribution in [0.3, 0.4) is 0 Å². The van der Waals surface area contributed by atoms with Crippen LogP contribution in [0.2, 0.25) is 5.02 Å². The van der Waals surface area contributed by atoms with Crippen molar-refractivity contribution in [2.45, 2.75) is 9.79 Å². The van der Waals surface area contributed by atoms with Crippen LogP contribution in [0.5, 0.6) is 0 Å². The van der Waals surface area contributed by atoms with E-state index in [0.717, 1.165) is 30.0 Å². The van der Waals surface area contributed by atoms with Gasteiger partial charge in [-0.1, -0.05) is 23.4 Å². The van der Waals surface area contributed by atoms with Crippen LogP contribution >= 0.6 is 23.4 Å². The number of carboxylic acids is 1. The predicted molar refractivity (Wildman–Crippen MR) is 68.9 cm³/mol. The highest BCUT2D eigenvalue weighted by atomic mass is 35.5. The topological polar surface area (TPSA) is 37.3 Å². The van der Waals surface area contributed by atoms with Gasteiger partial charge in [0.2, 0.25) is 0 Å². The molecule has 0 aliphatic heterocycles. The summed E-state index contributed by atoms with van der Waals surface area (Å²) in [7, 11) is 0. The molecule has 0 saturated carbocycles. The summed E-state index contributed by atoms with van der Waals surface area (Å²) in [5.74, 6) is -2.37. The number of rotatable bonds is 3. The van der Waals surface area contributed by atoms with Gasteiger partial charge in [0.05, 0.1) is 10.5 Å². The van der Waals surface area contributed by atoms with E-state index in [2.05, 4.69) is 0 Å². The summed E-state index contributed by atoms with van der Waals surface area (Å²) in [5, 5.41) is 9.36. The van der Waals surface area contributed by atoms with Crippen molar-refractivity contribution < 1.29 is 18.7 Å². The molecular formula is C13H7ClF2O2S. The zero-order valence-corrected chi connectivity index (χ0v) is 10.9. The SMILES string of the molecule is O=C(O)c1ccc(Cl)cc1Sc1cc(F)ccc1F. The highest BCUT2D eigenvalue weighted by Crippen LogP contribution is 2.34. The van der Waals surface area contributed by atoms with Gasteiger partial charge in [-0.2, -0.15) is 0 Å². The smallest absolute Gasteiger partial charge is 0.336 e. The average Bonchev–Trinajstić information content (AvgIpc) is 2.33. The van der Waals surface area contributed by atoms with E-state index in [4.69, 9.17) is 16.7 Å². The van der Waals surface area contributed by atoms with Crippen molar-refractivity contribution in [2.24, 2.45) is 0 Å². The Balaban J connectivity index is 2.45. The first kappa shape index (κ1) is 13.8. The molecule has 6 heteroatoms. The summed E-state index contributed by atoms with van der Waals surface area (Å²) in [6.45, 7) is 0. The van der Waals surface area contributed by atoms with Crippen LogP contribution in [0.1, 0.15) is 10.4 Å². The van der Waals surface area contributed by atoms with Crippen LogP contribution < -0.4 is 0 Å². The quantitative estimate of drug-likeness (QED) is 0.909. The molecule has 0 spiro atoms. The van der Waals surface area contributed by atoms with Crippen molar-refractivity contribution in [3.8, 4) is 0 Å². The van der Waals surface area contributed by atoms with Crippen molar-refractivity contribution >= 4 is 29.3 Å². The molecule has 19 heavy (non-hydrogen) atoms. The predicted octanol–water partition coefficient (Wildman–Crippen LogP) is 4.47. The summed E-state index contributed by atoms with van der Waals surface area (Å²) >= 11 is 6.60. The Hall–Kier alpha value is -1.59. The van der Waals surface area contributed by atoms with E-state index in [1.807, 2.05) is 0 Å². The lowest BCUT2D eigenvalue weighted by Gasteiger charge is -2.07. The van der Waals surface area contributed by atoms with E-state index < -0.39 is 17.6 Å². The third kappa shape index (κ3) is 3.24. The molecule has 0 bridgehead atoms. The van der Waals surface area contributed by atoms with Crippen LogP contribution in [0.25, 0.3) is 0 Å². The number of hydrogen-bond donors (Lipinski definition) is 1. The number of hydrogen-bond acceptors (Lipinski definition) is 2. The van der Waals surface area contributed by atoms with E-state index in [-0.39, 0.29) is 15.4 Å². The van der Waals surface area contributed by atoms with Gasteiger partial charge in [-0.25, -0.2) is 13.6 Å². The molecule has 2 nitrogen and oxygen atoms in total. The normalized spacial score (nSPS) is 10.5. The van der Waals surface area contributed by atoms with Gasteiger partial charge in [0, 0.05) is 9.92 Å². The van der Waals surface area contributed by atoms with Crippen LogP contribution in [0.4, 0.5) is 8.78 Å². The van der Waals surface area contributed by atoms with Crippen LogP contribution in [-0.2, 0) is 0 Å². The Bertz CT molecular complexity index is 647. The highest BCUT2D eigenvalue weighted by molar-refractivity contribution is 7.99. The van der Waals surface area contributed by atoms with Gasteiger partial charge >= 0.3 is 5.97 Å². The lowest BCUT2D eigenvalue weighted by atomic mass is 10.2. The molecule has 0 aliphatic rings. The Morgan fingerprint density at radius 2 is 1.84 bits per heavy atom. The van der Waals surface area contributed by atoms with Gasteiger partial charge in [-0.15, -0.1) is 0 Å². The molecule has 0 atom stereocenters. The highest BCUT2D eigenvalue weighted by Gasteiger charge is 2.14. The zero-order valence-electron chi connectivity index (χ0n) is 9.36. The molecule has 0 aliphatic carbocycles. The third-order valence-electron chi connectivity index (χ3n) is 2.29. The molecule has 2 rings (SSSR count). The largest absolute Gasteiger partial charge is 0.478 e. The van der Waals surface area contributed by atoms with Gasteiger partial charge in [-0.3, -0.25) is 0 Å². The Morgan fingerprint density at radius 3 is 2.53 bits per heavy atom. The average molecular weight is 301 g/mol. The van der Waals surface area contributed by atoms with Crippen LogP contribution in [0, 0.1) is 11.6 Å². The van der Waals surface area contributed by atoms with Crippen molar-refractivity contribution in [2.75, 3.05) is 0 Å². The molecule has 2 aromatic carbocycles. The first-order valence-electron chi connectivity index (χ1n) is 5.13. The maximum absolute atomic E-state index is 13.5. The van der Waals surface area contributed by atoms with E-state index in [0.29, 0.717) is 5.02 Å². The van der Waals surface area contributed by atoms with Gasteiger partial charge in [0.25, 0.3) is 0 Å².